The van der Waals surface area contributed by atoms with E-state index in [1.54, 1.807) is 56.3 Å². The van der Waals surface area contributed by atoms with Crippen molar-refractivity contribution in [3.63, 3.8) is 0 Å². The summed E-state index contributed by atoms with van der Waals surface area (Å²) in [7, 11) is 0. The van der Waals surface area contributed by atoms with Crippen molar-refractivity contribution in [2.24, 2.45) is 16.5 Å². The molecular formula is C24H28N4O7. The number of hydrogen-bond acceptors (Lipinski definition) is 7. The molecular weight excluding hydrogens is 456 g/mol. The Morgan fingerprint density at radius 3 is 2.34 bits per heavy atom. The molecule has 35 heavy (non-hydrogen) atoms. The summed E-state index contributed by atoms with van der Waals surface area (Å²) < 4.78 is 10.4. The molecule has 1 heterocycles. The number of carbonyl (C=O) groups excluding carboxylic acids is 3. The minimum atomic E-state index is -0.833. The third-order valence-electron chi connectivity index (χ3n) is 4.67. The fourth-order valence-electron chi connectivity index (χ4n) is 3.21. The summed E-state index contributed by atoms with van der Waals surface area (Å²) in [6.45, 7) is 4.90. The molecule has 0 saturated carbocycles. The van der Waals surface area contributed by atoms with Crippen molar-refractivity contribution in [1.82, 2.24) is 4.90 Å². The van der Waals surface area contributed by atoms with E-state index in [0.717, 1.165) is 12.5 Å². The van der Waals surface area contributed by atoms with E-state index in [-0.39, 0.29) is 30.8 Å². The average molecular weight is 485 g/mol. The summed E-state index contributed by atoms with van der Waals surface area (Å²) in [5.74, 6) is -1.36. The Kier molecular flexibility index (Phi) is 9.33. The van der Waals surface area contributed by atoms with E-state index in [4.69, 9.17) is 30.8 Å². The Labute approximate surface area is 202 Å². The van der Waals surface area contributed by atoms with Crippen molar-refractivity contribution in [2.45, 2.75) is 33.4 Å². The Morgan fingerprint density at radius 2 is 1.77 bits per heavy atom. The number of ether oxygens (including phenoxy) is 2. The number of ketones is 1. The van der Waals surface area contributed by atoms with E-state index >= 15 is 0 Å². The fraction of sp³-hybridized carbons (Fsp3) is 0.292. The molecule has 0 aliphatic carbocycles. The molecule has 2 aromatic carbocycles. The van der Waals surface area contributed by atoms with Crippen LogP contribution >= 0.6 is 0 Å². The molecule has 186 valence electrons. The second-order valence-electron chi connectivity index (χ2n) is 7.52. The van der Waals surface area contributed by atoms with Crippen LogP contribution in [0.25, 0.3) is 0 Å². The number of carbonyl (C=O) groups is 4. The maximum atomic E-state index is 12.7. The number of Topliss-reactive ketones (excluding diaryl/α,β-unsaturated/α-hetero) is 1. The third kappa shape index (κ3) is 7.84. The van der Waals surface area contributed by atoms with Crippen LogP contribution in [0.4, 0.5) is 5.69 Å². The van der Waals surface area contributed by atoms with Gasteiger partial charge in [0.15, 0.2) is 17.8 Å². The minimum absolute atomic E-state index is 0.0649. The molecule has 0 bridgehead atoms. The predicted molar refractivity (Wildman–Crippen MR) is 127 cm³/mol. The summed E-state index contributed by atoms with van der Waals surface area (Å²) >= 11 is 0. The smallest absolute Gasteiger partial charge is 0.347 e. The van der Waals surface area contributed by atoms with Crippen LogP contribution < -0.4 is 16.2 Å². The third-order valence-corrected chi connectivity index (χ3v) is 4.67. The lowest BCUT2D eigenvalue weighted by Gasteiger charge is -2.15. The van der Waals surface area contributed by atoms with E-state index in [1.807, 2.05) is 0 Å². The quantitative estimate of drug-likeness (QED) is 0.218. The first kappa shape index (κ1) is 26.8. The summed E-state index contributed by atoms with van der Waals surface area (Å²) in [6, 6.07) is 11.4. The summed E-state index contributed by atoms with van der Waals surface area (Å²) in [5.41, 5.74) is 13.1. The van der Waals surface area contributed by atoms with Crippen molar-refractivity contribution >= 4 is 35.3 Å². The minimum Gasteiger partial charge on any atom is -0.481 e. The van der Waals surface area contributed by atoms with E-state index < -0.39 is 18.0 Å². The normalized spacial score (nSPS) is 12.5. The number of fused-ring (bicyclic) bond motifs is 1. The zero-order valence-electron chi connectivity index (χ0n) is 19.7. The molecule has 3 rings (SSSR count). The predicted octanol–water partition coefficient (Wildman–Crippen LogP) is 1.85. The number of hydrogen-bond donors (Lipinski definition) is 3. The number of esters is 1. The van der Waals surface area contributed by atoms with Gasteiger partial charge in [0.05, 0.1) is 18.8 Å². The van der Waals surface area contributed by atoms with Crippen molar-refractivity contribution in [1.29, 1.82) is 0 Å². The number of rotatable bonds is 8. The number of carboxylic acid groups (broad SMARTS) is 1. The highest BCUT2D eigenvalue weighted by atomic mass is 16.6. The number of amides is 1. The number of nitrogens with two attached hydrogens (primary N) is 2. The van der Waals surface area contributed by atoms with Crippen molar-refractivity contribution in [3.05, 3.63) is 59.2 Å². The summed E-state index contributed by atoms with van der Waals surface area (Å²) in [6.07, 6.45) is -0.758. The van der Waals surface area contributed by atoms with E-state index in [2.05, 4.69) is 4.99 Å². The SMILES string of the molecule is CC(=O)O.CCOC(=O)C(C)Oc1ccc(C(=O)CN2Cc3cc(N=C(N)N)ccc3C2=O)cc1. The molecule has 0 aromatic heterocycles. The number of aliphatic carboxylic acids is 1. The zero-order valence-corrected chi connectivity index (χ0v) is 19.7. The van der Waals surface area contributed by atoms with E-state index in [0.29, 0.717) is 29.1 Å². The van der Waals surface area contributed by atoms with E-state index in [9.17, 15) is 14.4 Å². The van der Waals surface area contributed by atoms with Gasteiger partial charge in [0, 0.05) is 24.6 Å². The largest absolute Gasteiger partial charge is 0.481 e. The lowest BCUT2D eigenvalue weighted by atomic mass is 10.1. The van der Waals surface area contributed by atoms with Gasteiger partial charge in [0.1, 0.15) is 5.75 Å². The van der Waals surface area contributed by atoms with Gasteiger partial charge in [0.2, 0.25) is 0 Å². The monoisotopic (exact) mass is 484 g/mol. The lowest BCUT2D eigenvalue weighted by Crippen LogP contribution is -2.30. The molecule has 1 unspecified atom stereocenters. The molecule has 0 radical (unpaired) electrons. The molecule has 0 fully saturated rings. The van der Waals surface area contributed by atoms with Crippen LogP contribution in [0.1, 0.15) is 47.1 Å². The molecule has 0 spiro atoms. The molecule has 1 aliphatic rings. The van der Waals surface area contributed by atoms with Gasteiger partial charge < -0.3 is 30.9 Å². The van der Waals surface area contributed by atoms with Gasteiger partial charge in [-0.3, -0.25) is 14.4 Å². The first-order valence-electron chi connectivity index (χ1n) is 10.7. The standard InChI is InChI=1S/C22H24N4O5.C2H4O2/c1-3-30-21(29)13(2)31-17-7-4-14(5-8-17)19(27)12-26-11-15-10-16(25-22(23)24)6-9-18(15)20(26)28;1-2(3)4/h4-10,13H,3,11-12H2,1-2H3,(H4,23,24,25);1H3,(H,3,4). The van der Waals surface area contributed by atoms with Gasteiger partial charge in [-0.15, -0.1) is 0 Å². The number of carboxylic acids is 1. The van der Waals surface area contributed by atoms with Crippen LogP contribution in [-0.4, -0.2) is 58.9 Å². The zero-order chi connectivity index (χ0) is 26.1. The Balaban J connectivity index is 0.00000100. The van der Waals surface area contributed by atoms with E-state index in [1.165, 1.54) is 4.90 Å². The van der Waals surface area contributed by atoms with Gasteiger partial charge in [-0.05, 0) is 61.9 Å². The maximum absolute atomic E-state index is 12.7. The highest BCUT2D eigenvalue weighted by molar-refractivity contribution is 6.04. The number of guanidine groups is 1. The Bertz CT molecular complexity index is 1120. The van der Waals surface area contributed by atoms with Crippen LogP contribution in [0.2, 0.25) is 0 Å². The summed E-state index contributed by atoms with van der Waals surface area (Å²) in [4.78, 5) is 51.4. The first-order chi connectivity index (χ1) is 16.5. The topological polar surface area (TPSA) is 175 Å². The van der Waals surface area contributed by atoms with Crippen LogP contribution in [-0.2, 0) is 20.9 Å². The van der Waals surface area contributed by atoms with Gasteiger partial charge >= 0.3 is 5.97 Å². The molecule has 2 aromatic rings. The van der Waals surface area contributed by atoms with Crippen LogP contribution in [0, 0.1) is 0 Å². The first-order valence-corrected chi connectivity index (χ1v) is 10.7. The Hall–Kier alpha value is -4.41. The lowest BCUT2D eigenvalue weighted by molar-refractivity contribution is -0.150. The molecule has 11 nitrogen and oxygen atoms in total. The molecule has 1 atom stereocenters. The average Bonchev–Trinajstić information content (AvgIpc) is 3.08. The van der Waals surface area contributed by atoms with Crippen molar-refractivity contribution in [2.75, 3.05) is 13.2 Å². The van der Waals surface area contributed by atoms with Gasteiger partial charge in [-0.2, -0.15) is 0 Å². The second kappa shape index (κ2) is 12.2. The number of benzene rings is 2. The van der Waals surface area contributed by atoms with Crippen molar-refractivity contribution in [3.8, 4) is 5.75 Å². The van der Waals surface area contributed by atoms with Gasteiger partial charge in [-0.25, -0.2) is 9.79 Å². The Morgan fingerprint density at radius 1 is 1.14 bits per heavy atom. The van der Waals surface area contributed by atoms with Gasteiger partial charge in [0.25, 0.3) is 11.9 Å². The highest BCUT2D eigenvalue weighted by Gasteiger charge is 2.29. The number of nitrogens with zero attached hydrogens (tertiary/aromatic N) is 2. The van der Waals surface area contributed by atoms with Gasteiger partial charge in [-0.1, -0.05) is 0 Å². The van der Waals surface area contributed by atoms with Crippen LogP contribution in [0.3, 0.4) is 0 Å². The molecule has 0 saturated heterocycles. The maximum Gasteiger partial charge on any atom is 0.347 e. The molecule has 1 amide bonds. The molecule has 1 aliphatic heterocycles. The second-order valence-corrected chi connectivity index (χ2v) is 7.52. The summed E-state index contributed by atoms with van der Waals surface area (Å²) in [5, 5.41) is 7.42. The fourth-order valence-corrected chi connectivity index (χ4v) is 3.21. The molecule has 11 heteroatoms. The number of aliphatic imine (C=N–C) groups is 1. The van der Waals surface area contributed by atoms with Crippen LogP contribution in [0.15, 0.2) is 47.5 Å². The highest BCUT2D eigenvalue weighted by Crippen LogP contribution is 2.27. The van der Waals surface area contributed by atoms with Crippen molar-refractivity contribution < 1.29 is 33.8 Å². The van der Waals surface area contributed by atoms with Crippen LogP contribution in [0.5, 0.6) is 5.75 Å². The molecule has 5 N–H and O–H groups in total.